The number of aliphatic hydroxyl groups excluding tert-OH is 1. The van der Waals surface area contributed by atoms with Gasteiger partial charge in [0.05, 0.1) is 16.8 Å². The molecule has 2 fully saturated rings. The van der Waals surface area contributed by atoms with Crippen molar-refractivity contribution in [3.63, 3.8) is 0 Å². The van der Waals surface area contributed by atoms with Crippen LogP contribution in [0.5, 0.6) is 0 Å². The summed E-state index contributed by atoms with van der Waals surface area (Å²) < 4.78 is 0. The molecule has 17 heavy (non-hydrogen) atoms. The van der Waals surface area contributed by atoms with Crippen LogP contribution in [-0.2, 0) is 6.54 Å². The molecule has 4 nitrogen and oxygen atoms in total. The molecule has 2 aliphatic rings. The molecule has 2 unspecified atom stereocenters. The van der Waals surface area contributed by atoms with Crippen molar-refractivity contribution >= 4 is 11.3 Å². The van der Waals surface area contributed by atoms with Gasteiger partial charge in [0.25, 0.3) is 0 Å². The molecule has 0 bridgehead atoms. The van der Waals surface area contributed by atoms with Crippen LogP contribution in [0.25, 0.3) is 0 Å². The number of β-amino-alcohol motifs (C(OH)–C–C–N with tert-alkyl or cyclic N) is 1. The molecule has 1 aliphatic heterocycles. The molecule has 1 aliphatic carbocycles. The molecule has 0 amide bonds. The Morgan fingerprint density at radius 1 is 1.47 bits per heavy atom. The van der Waals surface area contributed by atoms with Crippen LogP contribution >= 0.6 is 11.3 Å². The molecule has 5 heteroatoms. The first-order chi connectivity index (χ1) is 8.33. The third-order valence-electron chi connectivity index (χ3n) is 3.51. The van der Waals surface area contributed by atoms with Gasteiger partial charge in [-0.2, -0.15) is 0 Å². The fraction of sp³-hybridized carbons (Fsp3) is 0.750. The van der Waals surface area contributed by atoms with Gasteiger partial charge in [-0.3, -0.25) is 0 Å². The molecule has 0 radical (unpaired) electrons. The first kappa shape index (κ1) is 11.6. The maximum Gasteiger partial charge on any atom is 0.0959 e. The molecule has 1 saturated carbocycles. The third kappa shape index (κ3) is 2.85. The predicted molar refractivity (Wildman–Crippen MR) is 68.2 cm³/mol. The fourth-order valence-electron chi connectivity index (χ4n) is 2.23. The highest BCUT2D eigenvalue weighted by Crippen LogP contribution is 2.41. The molecule has 1 aromatic heterocycles. The monoisotopic (exact) mass is 253 g/mol. The average Bonchev–Trinajstić information content (AvgIpc) is 2.94. The Morgan fingerprint density at radius 2 is 2.35 bits per heavy atom. The molecule has 0 aromatic carbocycles. The van der Waals surface area contributed by atoms with Crippen molar-refractivity contribution in [2.75, 3.05) is 19.6 Å². The van der Waals surface area contributed by atoms with Crippen molar-refractivity contribution in [3.8, 4) is 0 Å². The molecule has 0 spiro atoms. The van der Waals surface area contributed by atoms with Gasteiger partial charge < -0.3 is 15.7 Å². The van der Waals surface area contributed by atoms with E-state index in [1.165, 1.54) is 17.8 Å². The van der Waals surface area contributed by atoms with Crippen LogP contribution in [-0.4, -0.2) is 35.8 Å². The minimum absolute atomic E-state index is 0.194. The van der Waals surface area contributed by atoms with Crippen molar-refractivity contribution in [2.45, 2.75) is 31.4 Å². The summed E-state index contributed by atoms with van der Waals surface area (Å²) in [5.41, 5.74) is 1.15. The van der Waals surface area contributed by atoms with Gasteiger partial charge in [-0.1, -0.05) is 0 Å². The molecule has 2 heterocycles. The van der Waals surface area contributed by atoms with E-state index in [4.69, 9.17) is 0 Å². The van der Waals surface area contributed by atoms with Crippen molar-refractivity contribution in [1.82, 2.24) is 15.6 Å². The van der Waals surface area contributed by atoms with E-state index in [9.17, 15) is 5.11 Å². The number of thiazole rings is 1. The van der Waals surface area contributed by atoms with Gasteiger partial charge in [0.1, 0.15) is 0 Å². The van der Waals surface area contributed by atoms with Crippen LogP contribution < -0.4 is 10.6 Å². The molecular formula is C12H19N3OS. The standard InChI is InChI=1S/C12H19N3OS/c16-11-6-14-4-9(11)3-13-5-10-7-17-12(15-10)8-1-2-8/h7-9,11,13-14,16H,1-6H2. The van der Waals surface area contributed by atoms with E-state index in [-0.39, 0.29) is 6.10 Å². The van der Waals surface area contributed by atoms with Crippen LogP contribution in [0.1, 0.15) is 29.5 Å². The predicted octanol–water partition coefficient (Wildman–Crippen LogP) is 0.690. The van der Waals surface area contributed by atoms with Gasteiger partial charge in [0.15, 0.2) is 0 Å². The lowest BCUT2D eigenvalue weighted by Gasteiger charge is -2.13. The Balaban J connectivity index is 1.43. The molecule has 3 N–H and O–H groups in total. The zero-order chi connectivity index (χ0) is 11.7. The maximum atomic E-state index is 9.66. The zero-order valence-corrected chi connectivity index (χ0v) is 10.7. The van der Waals surface area contributed by atoms with E-state index in [0.29, 0.717) is 5.92 Å². The van der Waals surface area contributed by atoms with Gasteiger partial charge in [-0.15, -0.1) is 11.3 Å². The highest BCUT2D eigenvalue weighted by Gasteiger charge is 2.27. The van der Waals surface area contributed by atoms with Crippen LogP contribution in [0.2, 0.25) is 0 Å². The molecule has 1 saturated heterocycles. The van der Waals surface area contributed by atoms with Crippen molar-refractivity contribution in [2.24, 2.45) is 5.92 Å². The average molecular weight is 253 g/mol. The van der Waals surface area contributed by atoms with E-state index >= 15 is 0 Å². The minimum atomic E-state index is -0.194. The minimum Gasteiger partial charge on any atom is -0.391 e. The number of aliphatic hydroxyl groups is 1. The fourth-order valence-corrected chi connectivity index (χ4v) is 3.23. The van der Waals surface area contributed by atoms with E-state index in [1.54, 1.807) is 11.3 Å². The summed E-state index contributed by atoms with van der Waals surface area (Å²) in [5.74, 6) is 1.10. The van der Waals surface area contributed by atoms with Gasteiger partial charge in [0.2, 0.25) is 0 Å². The Hall–Kier alpha value is -0.490. The lowest BCUT2D eigenvalue weighted by molar-refractivity contribution is 0.146. The van der Waals surface area contributed by atoms with E-state index in [0.717, 1.165) is 37.8 Å². The van der Waals surface area contributed by atoms with Gasteiger partial charge in [-0.25, -0.2) is 4.98 Å². The second-order valence-corrected chi connectivity index (χ2v) is 5.96. The Morgan fingerprint density at radius 3 is 3.06 bits per heavy atom. The largest absolute Gasteiger partial charge is 0.391 e. The Bertz CT molecular complexity index is 378. The number of rotatable bonds is 5. The first-order valence-electron chi connectivity index (χ1n) is 6.36. The van der Waals surface area contributed by atoms with E-state index in [2.05, 4.69) is 21.0 Å². The number of hydrogen-bond acceptors (Lipinski definition) is 5. The first-order valence-corrected chi connectivity index (χ1v) is 7.24. The summed E-state index contributed by atoms with van der Waals surface area (Å²) in [6.07, 6.45) is 2.45. The van der Waals surface area contributed by atoms with Crippen LogP contribution in [0.4, 0.5) is 0 Å². The Kier molecular flexibility index (Phi) is 3.42. The summed E-state index contributed by atoms with van der Waals surface area (Å²) in [4.78, 5) is 4.63. The third-order valence-corrected chi connectivity index (χ3v) is 4.57. The number of aromatic nitrogens is 1. The molecule has 2 atom stereocenters. The van der Waals surface area contributed by atoms with Gasteiger partial charge in [0, 0.05) is 43.4 Å². The van der Waals surface area contributed by atoms with E-state index in [1.807, 2.05) is 0 Å². The highest BCUT2D eigenvalue weighted by atomic mass is 32.1. The summed E-state index contributed by atoms with van der Waals surface area (Å²) >= 11 is 1.79. The van der Waals surface area contributed by atoms with Crippen molar-refractivity contribution in [3.05, 3.63) is 16.1 Å². The lowest BCUT2D eigenvalue weighted by Crippen LogP contribution is -2.30. The second kappa shape index (κ2) is 5.02. The van der Waals surface area contributed by atoms with Crippen LogP contribution in [0.15, 0.2) is 5.38 Å². The molecule has 1 aromatic rings. The maximum absolute atomic E-state index is 9.66. The van der Waals surface area contributed by atoms with Crippen molar-refractivity contribution < 1.29 is 5.11 Å². The smallest absolute Gasteiger partial charge is 0.0959 e. The lowest BCUT2D eigenvalue weighted by atomic mass is 10.1. The van der Waals surface area contributed by atoms with Gasteiger partial charge >= 0.3 is 0 Å². The molecule has 3 rings (SSSR count). The summed E-state index contributed by atoms with van der Waals surface area (Å²) in [6.45, 7) is 3.34. The summed E-state index contributed by atoms with van der Waals surface area (Å²) in [6, 6.07) is 0. The quantitative estimate of drug-likeness (QED) is 0.723. The van der Waals surface area contributed by atoms with Crippen LogP contribution in [0, 0.1) is 5.92 Å². The highest BCUT2D eigenvalue weighted by molar-refractivity contribution is 7.09. The SMILES string of the molecule is OC1CNCC1CNCc1csc(C2CC2)n1. The topological polar surface area (TPSA) is 57.2 Å². The van der Waals surface area contributed by atoms with E-state index < -0.39 is 0 Å². The molecule has 94 valence electrons. The second-order valence-electron chi connectivity index (χ2n) is 5.07. The summed E-state index contributed by atoms with van der Waals surface area (Å²) in [7, 11) is 0. The van der Waals surface area contributed by atoms with Gasteiger partial charge in [-0.05, 0) is 12.8 Å². The Labute approximate surface area is 105 Å². The van der Waals surface area contributed by atoms with Crippen LogP contribution in [0.3, 0.4) is 0 Å². The van der Waals surface area contributed by atoms with Crippen molar-refractivity contribution in [1.29, 1.82) is 0 Å². The normalized spacial score (nSPS) is 28.8. The number of nitrogens with zero attached hydrogens (tertiary/aromatic N) is 1. The summed E-state index contributed by atoms with van der Waals surface area (Å²) in [5, 5.41) is 19.7. The zero-order valence-electron chi connectivity index (χ0n) is 9.85. The molecular weight excluding hydrogens is 234 g/mol. The number of hydrogen-bond donors (Lipinski definition) is 3. The number of nitrogens with one attached hydrogen (secondary N) is 2.